The highest BCUT2D eigenvalue weighted by atomic mass is 16.5. The molecule has 0 aliphatic heterocycles. The predicted molar refractivity (Wildman–Crippen MR) is 60.8 cm³/mol. The van der Waals surface area contributed by atoms with Crippen molar-refractivity contribution in [2.24, 2.45) is 0 Å². The highest BCUT2D eigenvalue weighted by molar-refractivity contribution is 5.14. The fourth-order valence-corrected chi connectivity index (χ4v) is 1.76. The lowest BCUT2D eigenvalue weighted by Gasteiger charge is -2.25. The SMILES string of the molecule is O[C@H]1C=C[C@@H](OCc2ccccc2)[C@@H](O)C1. The van der Waals surface area contributed by atoms with Crippen molar-refractivity contribution >= 4 is 0 Å². The molecule has 1 aromatic rings. The van der Waals surface area contributed by atoms with Gasteiger partial charge in [0.1, 0.15) is 6.10 Å². The van der Waals surface area contributed by atoms with Crippen LogP contribution in [0.2, 0.25) is 0 Å². The Morgan fingerprint density at radius 3 is 2.56 bits per heavy atom. The molecule has 3 heteroatoms. The van der Waals surface area contributed by atoms with Gasteiger partial charge >= 0.3 is 0 Å². The summed E-state index contributed by atoms with van der Waals surface area (Å²) in [5, 5.41) is 19.0. The summed E-state index contributed by atoms with van der Waals surface area (Å²) in [5.74, 6) is 0. The monoisotopic (exact) mass is 220 g/mol. The van der Waals surface area contributed by atoms with E-state index in [2.05, 4.69) is 0 Å². The standard InChI is InChI=1S/C13H16O3/c14-11-6-7-13(12(15)8-11)16-9-10-4-2-1-3-5-10/h1-7,11-15H,8-9H2/t11-,12-,13+/m0/s1. The first kappa shape index (κ1) is 11.3. The Bertz CT molecular complexity index is 347. The molecule has 0 fully saturated rings. The van der Waals surface area contributed by atoms with Crippen molar-refractivity contribution in [3.8, 4) is 0 Å². The van der Waals surface area contributed by atoms with Gasteiger partial charge in [-0.3, -0.25) is 0 Å². The smallest absolute Gasteiger partial charge is 0.102 e. The van der Waals surface area contributed by atoms with Gasteiger partial charge in [0, 0.05) is 6.42 Å². The third-order valence-corrected chi connectivity index (χ3v) is 2.67. The molecule has 3 atom stereocenters. The van der Waals surface area contributed by atoms with E-state index in [1.54, 1.807) is 12.2 Å². The molecule has 0 amide bonds. The first-order chi connectivity index (χ1) is 7.75. The van der Waals surface area contributed by atoms with Crippen molar-refractivity contribution < 1.29 is 14.9 Å². The van der Waals surface area contributed by atoms with Gasteiger partial charge in [-0.25, -0.2) is 0 Å². The van der Waals surface area contributed by atoms with Gasteiger partial charge in [-0.15, -0.1) is 0 Å². The fourth-order valence-electron chi connectivity index (χ4n) is 1.76. The number of ether oxygens (including phenoxy) is 1. The van der Waals surface area contributed by atoms with Gasteiger partial charge in [0.2, 0.25) is 0 Å². The Labute approximate surface area is 95.0 Å². The number of aliphatic hydroxyl groups excluding tert-OH is 2. The van der Waals surface area contributed by atoms with Gasteiger partial charge in [-0.1, -0.05) is 42.5 Å². The molecule has 0 saturated heterocycles. The van der Waals surface area contributed by atoms with E-state index in [1.807, 2.05) is 30.3 Å². The zero-order chi connectivity index (χ0) is 11.4. The Hall–Kier alpha value is -1.16. The van der Waals surface area contributed by atoms with Crippen molar-refractivity contribution in [2.45, 2.75) is 31.3 Å². The van der Waals surface area contributed by atoms with Crippen LogP contribution in [0.25, 0.3) is 0 Å². The minimum Gasteiger partial charge on any atom is -0.390 e. The number of aliphatic hydroxyl groups is 2. The number of hydrogen-bond acceptors (Lipinski definition) is 3. The van der Waals surface area contributed by atoms with Crippen LogP contribution in [-0.4, -0.2) is 28.5 Å². The second-order valence-electron chi connectivity index (χ2n) is 4.02. The number of benzene rings is 1. The van der Waals surface area contributed by atoms with E-state index in [1.165, 1.54) is 0 Å². The Balaban J connectivity index is 1.89. The van der Waals surface area contributed by atoms with Gasteiger partial charge in [0.25, 0.3) is 0 Å². The molecule has 0 bridgehead atoms. The molecule has 0 spiro atoms. The van der Waals surface area contributed by atoms with Gasteiger partial charge < -0.3 is 14.9 Å². The Kier molecular flexibility index (Phi) is 3.72. The van der Waals surface area contributed by atoms with E-state index < -0.39 is 12.2 Å². The van der Waals surface area contributed by atoms with Crippen LogP contribution in [0.4, 0.5) is 0 Å². The summed E-state index contributed by atoms with van der Waals surface area (Å²) >= 11 is 0. The summed E-state index contributed by atoms with van der Waals surface area (Å²) in [6, 6.07) is 9.82. The number of hydrogen-bond donors (Lipinski definition) is 2. The third-order valence-electron chi connectivity index (χ3n) is 2.67. The first-order valence-corrected chi connectivity index (χ1v) is 5.45. The molecule has 1 aromatic carbocycles. The van der Waals surface area contributed by atoms with Crippen molar-refractivity contribution in [1.29, 1.82) is 0 Å². The molecule has 86 valence electrons. The maximum absolute atomic E-state index is 9.68. The number of rotatable bonds is 3. The zero-order valence-corrected chi connectivity index (χ0v) is 8.99. The second kappa shape index (κ2) is 5.25. The van der Waals surface area contributed by atoms with E-state index in [4.69, 9.17) is 4.74 Å². The predicted octanol–water partition coefficient (Wildman–Crippen LogP) is 1.25. The molecule has 2 N–H and O–H groups in total. The van der Waals surface area contributed by atoms with Gasteiger partial charge in [-0.2, -0.15) is 0 Å². The van der Waals surface area contributed by atoms with Crippen LogP contribution < -0.4 is 0 Å². The minimum absolute atomic E-state index is 0.316. The lowest BCUT2D eigenvalue weighted by atomic mass is 9.99. The fraction of sp³-hybridized carbons (Fsp3) is 0.385. The topological polar surface area (TPSA) is 49.7 Å². The van der Waals surface area contributed by atoms with Crippen LogP contribution in [-0.2, 0) is 11.3 Å². The van der Waals surface area contributed by atoms with E-state index in [0.717, 1.165) is 5.56 Å². The molecule has 0 saturated carbocycles. The molecule has 2 rings (SSSR count). The molecule has 0 unspecified atom stereocenters. The van der Waals surface area contributed by atoms with Crippen molar-refractivity contribution in [1.82, 2.24) is 0 Å². The second-order valence-corrected chi connectivity index (χ2v) is 4.02. The van der Waals surface area contributed by atoms with Crippen molar-refractivity contribution in [3.63, 3.8) is 0 Å². The normalized spacial score (nSPS) is 29.2. The van der Waals surface area contributed by atoms with Crippen LogP contribution in [0.15, 0.2) is 42.5 Å². The maximum Gasteiger partial charge on any atom is 0.102 e. The average molecular weight is 220 g/mol. The summed E-state index contributed by atoms with van der Waals surface area (Å²) < 4.78 is 5.58. The van der Waals surface area contributed by atoms with Crippen LogP contribution >= 0.6 is 0 Å². The van der Waals surface area contributed by atoms with Crippen molar-refractivity contribution in [3.05, 3.63) is 48.0 Å². The summed E-state index contributed by atoms with van der Waals surface area (Å²) in [6.07, 6.45) is 2.25. The molecule has 0 radical (unpaired) electrons. The van der Waals surface area contributed by atoms with Gasteiger partial charge in [0.05, 0.1) is 18.8 Å². The third kappa shape index (κ3) is 2.92. The molecular weight excluding hydrogens is 204 g/mol. The summed E-state index contributed by atoms with van der Waals surface area (Å²) in [4.78, 5) is 0. The Morgan fingerprint density at radius 1 is 1.12 bits per heavy atom. The first-order valence-electron chi connectivity index (χ1n) is 5.45. The highest BCUT2D eigenvalue weighted by Gasteiger charge is 2.23. The molecular formula is C13H16O3. The lowest BCUT2D eigenvalue weighted by molar-refractivity contribution is -0.0406. The summed E-state index contributed by atoms with van der Waals surface area (Å²) in [6.45, 7) is 0.475. The van der Waals surface area contributed by atoms with Crippen LogP contribution in [0, 0.1) is 0 Å². The molecule has 0 aromatic heterocycles. The highest BCUT2D eigenvalue weighted by Crippen LogP contribution is 2.16. The molecule has 0 heterocycles. The quantitative estimate of drug-likeness (QED) is 0.754. The van der Waals surface area contributed by atoms with E-state index in [-0.39, 0.29) is 6.10 Å². The van der Waals surface area contributed by atoms with E-state index >= 15 is 0 Å². The maximum atomic E-state index is 9.68. The molecule has 1 aliphatic carbocycles. The minimum atomic E-state index is -0.622. The average Bonchev–Trinajstić information content (AvgIpc) is 2.29. The van der Waals surface area contributed by atoms with Crippen LogP contribution in [0.1, 0.15) is 12.0 Å². The van der Waals surface area contributed by atoms with Crippen molar-refractivity contribution in [2.75, 3.05) is 0 Å². The molecule has 1 aliphatic rings. The molecule has 16 heavy (non-hydrogen) atoms. The molecule has 3 nitrogen and oxygen atoms in total. The largest absolute Gasteiger partial charge is 0.390 e. The van der Waals surface area contributed by atoms with E-state index in [0.29, 0.717) is 13.0 Å². The van der Waals surface area contributed by atoms with Gasteiger partial charge in [0.15, 0.2) is 0 Å². The summed E-state index contributed by atoms with van der Waals surface area (Å²) in [5.41, 5.74) is 1.08. The van der Waals surface area contributed by atoms with E-state index in [9.17, 15) is 10.2 Å². The zero-order valence-electron chi connectivity index (χ0n) is 8.99. The van der Waals surface area contributed by atoms with Crippen LogP contribution in [0.5, 0.6) is 0 Å². The summed E-state index contributed by atoms with van der Waals surface area (Å²) in [7, 11) is 0. The van der Waals surface area contributed by atoms with Gasteiger partial charge in [-0.05, 0) is 5.56 Å². The lowest BCUT2D eigenvalue weighted by Crippen LogP contribution is -2.34. The Morgan fingerprint density at radius 2 is 1.88 bits per heavy atom. The van der Waals surface area contributed by atoms with Crippen LogP contribution in [0.3, 0.4) is 0 Å².